The largest absolute Gasteiger partial charge is 0.493 e. The third-order valence-corrected chi connectivity index (χ3v) is 3.22. The molecule has 0 fully saturated rings. The minimum absolute atomic E-state index is 0.0900. The van der Waals surface area contributed by atoms with Gasteiger partial charge >= 0.3 is 0 Å². The van der Waals surface area contributed by atoms with E-state index in [1.807, 2.05) is 39.0 Å². The van der Waals surface area contributed by atoms with E-state index >= 15 is 0 Å². The van der Waals surface area contributed by atoms with Gasteiger partial charge in [0, 0.05) is 11.3 Å². The van der Waals surface area contributed by atoms with Crippen LogP contribution in [0.4, 0.5) is 5.69 Å². The van der Waals surface area contributed by atoms with E-state index in [9.17, 15) is 4.79 Å². The van der Waals surface area contributed by atoms with Crippen molar-refractivity contribution in [3.05, 3.63) is 58.7 Å². The van der Waals surface area contributed by atoms with Crippen LogP contribution in [0, 0.1) is 13.8 Å². The lowest BCUT2D eigenvalue weighted by atomic mass is 9.96. The molecule has 2 aromatic carbocycles. The third kappa shape index (κ3) is 2.67. The van der Waals surface area contributed by atoms with E-state index in [1.54, 1.807) is 18.2 Å². The Balaban J connectivity index is 2.56. The van der Waals surface area contributed by atoms with Crippen molar-refractivity contribution in [2.24, 2.45) is 0 Å². The molecule has 0 saturated carbocycles. The number of benzene rings is 2. The van der Waals surface area contributed by atoms with Gasteiger partial charge in [0.2, 0.25) is 0 Å². The van der Waals surface area contributed by atoms with E-state index in [0.29, 0.717) is 29.2 Å². The molecule has 2 rings (SSSR count). The van der Waals surface area contributed by atoms with Crippen molar-refractivity contribution in [2.45, 2.75) is 20.8 Å². The summed E-state index contributed by atoms with van der Waals surface area (Å²) in [5, 5.41) is 0. The quantitative estimate of drug-likeness (QED) is 0.682. The van der Waals surface area contributed by atoms with Crippen molar-refractivity contribution in [1.29, 1.82) is 0 Å². The molecule has 0 aliphatic rings. The van der Waals surface area contributed by atoms with Crippen LogP contribution in [0.25, 0.3) is 0 Å². The smallest absolute Gasteiger partial charge is 0.199 e. The molecule has 20 heavy (non-hydrogen) atoms. The Kier molecular flexibility index (Phi) is 4.08. The molecule has 3 nitrogen and oxygen atoms in total. The van der Waals surface area contributed by atoms with Crippen molar-refractivity contribution >= 4 is 11.5 Å². The van der Waals surface area contributed by atoms with Gasteiger partial charge in [-0.25, -0.2) is 0 Å². The molecular formula is C17H19NO2. The second-order valence-corrected chi connectivity index (χ2v) is 4.80. The van der Waals surface area contributed by atoms with E-state index in [4.69, 9.17) is 10.5 Å². The summed E-state index contributed by atoms with van der Waals surface area (Å²) in [6, 6.07) is 11.1. The van der Waals surface area contributed by atoms with Crippen LogP contribution in [-0.4, -0.2) is 12.4 Å². The van der Waals surface area contributed by atoms with Gasteiger partial charge in [0.05, 0.1) is 12.2 Å². The number of carbonyl (C=O) groups is 1. The highest BCUT2D eigenvalue weighted by molar-refractivity contribution is 6.14. The predicted octanol–water partition coefficient (Wildman–Crippen LogP) is 3.52. The van der Waals surface area contributed by atoms with Crippen LogP contribution in [-0.2, 0) is 0 Å². The van der Waals surface area contributed by atoms with Crippen molar-refractivity contribution in [3.63, 3.8) is 0 Å². The molecule has 0 bridgehead atoms. The van der Waals surface area contributed by atoms with Gasteiger partial charge in [0.1, 0.15) is 5.75 Å². The summed E-state index contributed by atoms with van der Waals surface area (Å²) in [6.45, 7) is 6.27. The van der Waals surface area contributed by atoms with Crippen LogP contribution in [0.3, 0.4) is 0 Å². The summed E-state index contributed by atoms with van der Waals surface area (Å²) in [5.41, 5.74) is 9.52. The normalized spacial score (nSPS) is 10.3. The number of hydrogen-bond acceptors (Lipinski definition) is 3. The molecule has 0 aliphatic carbocycles. The first-order valence-corrected chi connectivity index (χ1v) is 6.67. The van der Waals surface area contributed by atoms with Crippen LogP contribution >= 0.6 is 0 Å². The Morgan fingerprint density at radius 1 is 1.20 bits per heavy atom. The number of anilines is 1. The molecule has 0 atom stereocenters. The molecule has 0 unspecified atom stereocenters. The number of aryl methyl sites for hydroxylation is 2. The summed E-state index contributed by atoms with van der Waals surface area (Å²) in [4.78, 5) is 12.8. The highest BCUT2D eigenvalue weighted by Crippen LogP contribution is 2.28. The molecule has 0 aromatic heterocycles. The van der Waals surface area contributed by atoms with Gasteiger partial charge in [0.25, 0.3) is 0 Å². The molecule has 0 aliphatic heterocycles. The maximum absolute atomic E-state index is 12.8. The maximum Gasteiger partial charge on any atom is 0.199 e. The molecule has 0 spiro atoms. The second kappa shape index (κ2) is 5.78. The van der Waals surface area contributed by atoms with E-state index in [2.05, 4.69) is 0 Å². The van der Waals surface area contributed by atoms with E-state index in [-0.39, 0.29) is 5.78 Å². The fourth-order valence-corrected chi connectivity index (χ4v) is 2.18. The first kappa shape index (κ1) is 14.1. The summed E-state index contributed by atoms with van der Waals surface area (Å²) in [7, 11) is 0. The highest BCUT2D eigenvalue weighted by atomic mass is 16.5. The summed E-state index contributed by atoms with van der Waals surface area (Å²) < 4.78 is 5.53. The monoisotopic (exact) mass is 269 g/mol. The van der Waals surface area contributed by atoms with Gasteiger partial charge in [0.15, 0.2) is 5.78 Å². The topological polar surface area (TPSA) is 52.3 Å². The summed E-state index contributed by atoms with van der Waals surface area (Å²) in [5.74, 6) is 0.450. The number of carbonyl (C=O) groups excluding carboxylic acids is 1. The Morgan fingerprint density at radius 3 is 2.65 bits per heavy atom. The number of rotatable bonds is 4. The van der Waals surface area contributed by atoms with Crippen molar-refractivity contribution < 1.29 is 9.53 Å². The molecule has 0 radical (unpaired) electrons. The fraction of sp³-hybridized carbons (Fsp3) is 0.235. The predicted molar refractivity (Wildman–Crippen MR) is 81.4 cm³/mol. The zero-order valence-electron chi connectivity index (χ0n) is 12.1. The summed E-state index contributed by atoms with van der Waals surface area (Å²) >= 11 is 0. The van der Waals surface area contributed by atoms with E-state index in [0.717, 1.165) is 11.1 Å². The van der Waals surface area contributed by atoms with Crippen LogP contribution in [0.5, 0.6) is 5.75 Å². The van der Waals surface area contributed by atoms with E-state index < -0.39 is 0 Å². The maximum atomic E-state index is 12.8. The molecule has 2 N–H and O–H groups in total. The Labute approximate surface area is 119 Å². The fourth-order valence-electron chi connectivity index (χ4n) is 2.18. The lowest BCUT2D eigenvalue weighted by Crippen LogP contribution is -2.10. The zero-order valence-corrected chi connectivity index (χ0v) is 12.1. The van der Waals surface area contributed by atoms with Gasteiger partial charge in [-0.3, -0.25) is 4.79 Å². The van der Waals surface area contributed by atoms with Gasteiger partial charge in [-0.2, -0.15) is 0 Å². The van der Waals surface area contributed by atoms with Crippen LogP contribution in [0.2, 0.25) is 0 Å². The molecule has 0 saturated heterocycles. The zero-order chi connectivity index (χ0) is 14.7. The first-order chi connectivity index (χ1) is 9.54. The number of ketones is 1. The van der Waals surface area contributed by atoms with Crippen molar-refractivity contribution in [2.75, 3.05) is 12.3 Å². The summed E-state index contributed by atoms with van der Waals surface area (Å²) in [6.07, 6.45) is 0. The molecule has 104 valence electrons. The first-order valence-electron chi connectivity index (χ1n) is 6.67. The van der Waals surface area contributed by atoms with Crippen LogP contribution < -0.4 is 10.5 Å². The van der Waals surface area contributed by atoms with Gasteiger partial charge in [-0.1, -0.05) is 23.8 Å². The molecule has 0 amide bonds. The Bertz CT molecular complexity index is 647. The van der Waals surface area contributed by atoms with Crippen molar-refractivity contribution in [3.8, 4) is 5.75 Å². The number of hydrogen-bond donors (Lipinski definition) is 1. The standard InChI is InChI=1S/C17H19NO2/c1-4-20-15-7-5-6-14(18)16(15)17(19)13-10-11(2)8-9-12(13)3/h5-10H,4,18H2,1-3H3. The van der Waals surface area contributed by atoms with Gasteiger partial charge in [-0.05, 0) is 44.5 Å². The average Bonchev–Trinajstić information content (AvgIpc) is 2.41. The Morgan fingerprint density at radius 2 is 1.95 bits per heavy atom. The molecule has 0 heterocycles. The lowest BCUT2D eigenvalue weighted by molar-refractivity contribution is 0.103. The lowest BCUT2D eigenvalue weighted by Gasteiger charge is -2.13. The second-order valence-electron chi connectivity index (χ2n) is 4.80. The number of nitrogen functional groups attached to an aromatic ring is 1. The van der Waals surface area contributed by atoms with Gasteiger partial charge < -0.3 is 10.5 Å². The molecule has 2 aromatic rings. The third-order valence-electron chi connectivity index (χ3n) is 3.22. The minimum atomic E-state index is -0.0900. The van der Waals surface area contributed by atoms with Crippen LogP contribution in [0.1, 0.15) is 34.0 Å². The highest BCUT2D eigenvalue weighted by Gasteiger charge is 2.19. The number of ether oxygens (including phenoxy) is 1. The van der Waals surface area contributed by atoms with Gasteiger partial charge in [-0.15, -0.1) is 0 Å². The molecule has 3 heteroatoms. The van der Waals surface area contributed by atoms with Crippen molar-refractivity contribution in [1.82, 2.24) is 0 Å². The Hall–Kier alpha value is -2.29. The van der Waals surface area contributed by atoms with Crippen LogP contribution in [0.15, 0.2) is 36.4 Å². The number of nitrogens with two attached hydrogens (primary N) is 1. The SMILES string of the molecule is CCOc1cccc(N)c1C(=O)c1cc(C)ccc1C. The molecular weight excluding hydrogens is 250 g/mol. The minimum Gasteiger partial charge on any atom is -0.493 e. The average molecular weight is 269 g/mol. The van der Waals surface area contributed by atoms with E-state index in [1.165, 1.54) is 0 Å².